The molecule has 0 radical (unpaired) electrons. The SMILES string of the molecule is CCOC(=O)C1=C(C)NC(=O)NC1c1cc(/C=N/NC(=O)Nc2ccc(F)cc2)c(O)c(C(C)(C)C)c1. The third kappa shape index (κ3) is 6.63. The molecule has 0 aliphatic carbocycles. The molecule has 1 unspecified atom stereocenters. The number of phenols is 1. The number of carbonyl (C=O) groups excluding carboxylic acids is 3. The molecule has 1 heterocycles. The van der Waals surface area contributed by atoms with Crippen LogP contribution in [0.5, 0.6) is 5.75 Å². The van der Waals surface area contributed by atoms with E-state index in [9.17, 15) is 23.9 Å². The first kappa shape index (κ1) is 27.2. The number of nitrogens with zero attached hydrogens (tertiary/aromatic N) is 1. The number of ether oxygens (including phenoxy) is 1. The Morgan fingerprint density at radius 3 is 2.51 bits per heavy atom. The summed E-state index contributed by atoms with van der Waals surface area (Å²) in [5.41, 5.74) is 4.01. The van der Waals surface area contributed by atoms with Crippen molar-refractivity contribution in [3.05, 3.63) is 70.2 Å². The van der Waals surface area contributed by atoms with Crippen LogP contribution >= 0.6 is 0 Å². The van der Waals surface area contributed by atoms with Crippen LogP contribution in [0.1, 0.15) is 57.4 Å². The van der Waals surface area contributed by atoms with E-state index in [1.807, 2.05) is 20.8 Å². The number of hydrazone groups is 1. The first-order valence-corrected chi connectivity index (χ1v) is 11.6. The summed E-state index contributed by atoms with van der Waals surface area (Å²) in [5.74, 6) is -1.09. The minimum absolute atomic E-state index is 0.0700. The molecule has 0 saturated heterocycles. The highest BCUT2D eigenvalue weighted by Gasteiger charge is 2.34. The van der Waals surface area contributed by atoms with Gasteiger partial charge >= 0.3 is 18.0 Å². The van der Waals surface area contributed by atoms with Crippen molar-refractivity contribution in [1.29, 1.82) is 0 Å². The van der Waals surface area contributed by atoms with E-state index in [4.69, 9.17) is 4.74 Å². The van der Waals surface area contributed by atoms with Gasteiger partial charge in [0.05, 0.1) is 24.4 Å². The molecule has 11 heteroatoms. The number of nitrogens with one attached hydrogen (secondary N) is 4. The van der Waals surface area contributed by atoms with Gasteiger partial charge in [-0.05, 0) is 61.2 Å². The van der Waals surface area contributed by atoms with Crippen LogP contribution in [-0.4, -0.2) is 36.0 Å². The molecular weight excluding hydrogens is 481 g/mol. The molecule has 10 nitrogen and oxygen atoms in total. The summed E-state index contributed by atoms with van der Waals surface area (Å²) in [6.45, 7) is 9.14. The molecule has 3 rings (SSSR count). The summed E-state index contributed by atoms with van der Waals surface area (Å²) >= 11 is 0. The third-order valence-electron chi connectivity index (χ3n) is 5.54. The molecule has 0 spiro atoms. The average molecular weight is 512 g/mol. The monoisotopic (exact) mass is 511 g/mol. The summed E-state index contributed by atoms with van der Waals surface area (Å²) in [7, 11) is 0. The van der Waals surface area contributed by atoms with Gasteiger partial charge in [-0.1, -0.05) is 20.8 Å². The Morgan fingerprint density at radius 1 is 1.22 bits per heavy atom. The lowest BCUT2D eigenvalue weighted by atomic mass is 9.82. The Kier molecular flexibility index (Phi) is 8.16. The number of amides is 4. The Balaban J connectivity index is 1.96. The number of halogens is 1. The van der Waals surface area contributed by atoms with Crippen molar-refractivity contribution >= 4 is 29.9 Å². The van der Waals surface area contributed by atoms with Gasteiger partial charge in [0.1, 0.15) is 11.6 Å². The molecule has 4 amide bonds. The second-order valence-electron chi connectivity index (χ2n) is 9.38. The Bertz CT molecular complexity index is 1270. The van der Waals surface area contributed by atoms with Crippen molar-refractivity contribution < 1.29 is 28.6 Å². The van der Waals surface area contributed by atoms with Gasteiger partial charge in [0.25, 0.3) is 0 Å². The summed E-state index contributed by atoms with van der Waals surface area (Å²) in [6.07, 6.45) is 1.25. The number of esters is 1. The second kappa shape index (κ2) is 11.1. The van der Waals surface area contributed by atoms with Gasteiger partial charge in [-0.15, -0.1) is 0 Å². The minimum Gasteiger partial charge on any atom is -0.507 e. The maximum atomic E-state index is 13.1. The number of urea groups is 2. The van der Waals surface area contributed by atoms with Crippen LogP contribution in [-0.2, 0) is 14.9 Å². The topological polar surface area (TPSA) is 141 Å². The summed E-state index contributed by atoms with van der Waals surface area (Å²) in [5, 5.41) is 22.7. The summed E-state index contributed by atoms with van der Waals surface area (Å²) in [4.78, 5) is 37.2. The van der Waals surface area contributed by atoms with Crippen LogP contribution < -0.4 is 21.4 Å². The van der Waals surface area contributed by atoms with Crippen molar-refractivity contribution in [2.24, 2.45) is 5.10 Å². The maximum Gasteiger partial charge on any atom is 0.339 e. The van der Waals surface area contributed by atoms with Crippen LogP contribution in [0.25, 0.3) is 0 Å². The van der Waals surface area contributed by atoms with Crippen molar-refractivity contribution in [3.8, 4) is 5.75 Å². The van der Waals surface area contributed by atoms with Crippen LogP contribution in [0.15, 0.2) is 52.8 Å². The lowest BCUT2D eigenvalue weighted by molar-refractivity contribution is -0.139. The molecule has 5 N–H and O–H groups in total. The highest BCUT2D eigenvalue weighted by atomic mass is 19.1. The van der Waals surface area contributed by atoms with Gasteiger partial charge in [0.2, 0.25) is 0 Å². The fraction of sp³-hybridized carbons (Fsp3) is 0.308. The number of benzene rings is 2. The fourth-order valence-corrected chi connectivity index (χ4v) is 3.79. The van der Waals surface area contributed by atoms with E-state index in [2.05, 4.69) is 26.5 Å². The third-order valence-corrected chi connectivity index (χ3v) is 5.54. The van der Waals surface area contributed by atoms with Gasteiger partial charge in [0.15, 0.2) is 0 Å². The van der Waals surface area contributed by atoms with E-state index >= 15 is 0 Å². The van der Waals surface area contributed by atoms with E-state index in [1.165, 1.54) is 30.5 Å². The van der Waals surface area contributed by atoms with E-state index in [0.717, 1.165) is 0 Å². The van der Waals surface area contributed by atoms with Gasteiger partial charge in [-0.2, -0.15) is 5.10 Å². The lowest BCUT2D eigenvalue weighted by Gasteiger charge is -2.30. The minimum atomic E-state index is -0.851. The number of anilines is 1. The normalized spacial score (nSPS) is 15.7. The molecule has 1 aliphatic heterocycles. The number of carbonyl (C=O) groups is 3. The predicted octanol–water partition coefficient (Wildman–Crippen LogP) is 4.18. The van der Waals surface area contributed by atoms with Gasteiger partial charge in [-0.3, -0.25) is 0 Å². The summed E-state index contributed by atoms with van der Waals surface area (Å²) < 4.78 is 18.3. The molecule has 2 aromatic rings. The molecule has 0 aromatic heterocycles. The zero-order valence-electron chi connectivity index (χ0n) is 21.2. The maximum absolute atomic E-state index is 13.1. The number of phenolic OH excluding ortho intramolecular Hbond substituents is 1. The average Bonchev–Trinajstić information content (AvgIpc) is 2.80. The molecule has 0 fully saturated rings. The number of hydrogen-bond acceptors (Lipinski definition) is 6. The van der Waals surface area contributed by atoms with Crippen molar-refractivity contribution in [3.63, 3.8) is 0 Å². The number of hydrogen-bond donors (Lipinski definition) is 5. The first-order valence-electron chi connectivity index (χ1n) is 11.6. The second-order valence-corrected chi connectivity index (χ2v) is 9.38. The standard InChI is InChI=1S/C26H30FN5O5/c1-6-37-23(34)20-14(2)29-24(35)31-21(20)15-11-16(22(33)19(12-15)26(3,4)5)13-28-32-25(36)30-18-9-7-17(27)8-10-18/h7-13,21,33H,6H2,1-5H3,(H2,29,31,35)(H2,30,32,36)/b28-13+. The number of allylic oxidation sites excluding steroid dienone is 1. The Morgan fingerprint density at radius 2 is 1.89 bits per heavy atom. The van der Waals surface area contributed by atoms with Crippen LogP contribution in [0.2, 0.25) is 0 Å². The molecule has 196 valence electrons. The zero-order valence-corrected chi connectivity index (χ0v) is 21.2. The molecule has 0 bridgehead atoms. The van der Waals surface area contributed by atoms with Gasteiger partial charge in [-0.25, -0.2) is 24.2 Å². The lowest BCUT2D eigenvalue weighted by Crippen LogP contribution is -2.45. The zero-order chi connectivity index (χ0) is 27.3. The van der Waals surface area contributed by atoms with Gasteiger partial charge in [0, 0.05) is 22.5 Å². The Labute approximate surface area is 214 Å². The molecule has 0 saturated carbocycles. The van der Waals surface area contributed by atoms with Crippen LogP contribution in [0, 0.1) is 5.82 Å². The van der Waals surface area contributed by atoms with Gasteiger partial charge < -0.3 is 25.8 Å². The van der Waals surface area contributed by atoms with E-state index in [1.54, 1.807) is 26.0 Å². The van der Waals surface area contributed by atoms with E-state index in [0.29, 0.717) is 22.5 Å². The predicted molar refractivity (Wildman–Crippen MR) is 137 cm³/mol. The largest absolute Gasteiger partial charge is 0.507 e. The first-order chi connectivity index (χ1) is 17.4. The highest BCUT2D eigenvalue weighted by Crippen LogP contribution is 2.37. The van der Waals surface area contributed by atoms with E-state index < -0.39 is 35.3 Å². The molecule has 2 aromatic carbocycles. The molecular formula is C26H30FN5O5. The quantitative estimate of drug-likeness (QED) is 0.225. The van der Waals surface area contributed by atoms with Crippen LogP contribution in [0.4, 0.5) is 19.7 Å². The van der Waals surface area contributed by atoms with Crippen molar-refractivity contribution in [2.45, 2.75) is 46.1 Å². The molecule has 1 atom stereocenters. The van der Waals surface area contributed by atoms with Crippen LogP contribution in [0.3, 0.4) is 0 Å². The Hall–Kier alpha value is -4.41. The smallest absolute Gasteiger partial charge is 0.339 e. The summed E-state index contributed by atoms with van der Waals surface area (Å²) in [6, 6.07) is 6.46. The molecule has 37 heavy (non-hydrogen) atoms. The highest BCUT2D eigenvalue weighted by molar-refractivity contribution is 5.95. The van der Waals surface area contributed by atoms with Crippen molar-refractivity contribution in [1.82, 2.24) is 16.1 Å². The molecule has 1 aliphatic rings. The number of aromatic hydroxyl groups is 1. The fourth-order valence-electron chi connectivity index (χ4n) is 3.79. The van der Waals surface area contributed by atoms with E-state index in [-0.39, 0.29) is 23.5 Å². The number of rotatable bonds is 6. The van der Waals surface area contributed by atoms with Crippen molar-refractivity contribution in [2.75, 3.05) is 11.9 Å².